The predicted octanol–water partition coefficient (Wildman–Crippen LogP) is 1.22. The van der Waals surface area contributed by atoms with Crippen LogP contribution in [0.2, 0.25) is 0 Å². The van der Waals surface area contributed by atoms with E-state index >= 15 is 0 Å². The molecule has 0 aromatic carbocycles. The fourth-order valence-electron chi connectivity index (χ4n) is 0.938. The summed E-state index contributed by atoms with van der Waals surface area (Å²) in [5, 5.41) is 11.6. The number of esters is 1. The molecule has 0 unspecified atom stereocenters. The van der Waals surface area contributed by atoms with E-state index in [1.54, 1.807) is 6.92 Å². The standard InChI is InChI=1S/C8H9NO6/c1-3-13-7(10)5-4(2)15-9-6(5)14-8(11)12/h3H2,1-2H3,(H,11,12). The maximum absolute atomic E-state index is 11.3. The molecule has 1 aromatic heterocycles. The molecule has 0 aliphatic rings. The van der Waals surface area contributed by atoms with Gasteiger partial charge < -0.3 is 19.1 Å². The molecule has 0 spiro atoms. The van der Waals surface area contributed by atoms with Crippen LogP contribution in [-0.2, 0) is 4.74 Å². The SMILES string of the molecule is CCOC(=O)c1c(OC(=O)O)noc1C. The molecule has 0 amide bonds. The molecular formula is C8H9NO6. The Morgan fingerprint density at radius 1 is 1.53 bits per heavy atom. The molecule has 15 heavy (non-hydrogen) atoms. The number of rotatable bonds is 3. The fourth-order valence-corrected chi connectivity index (χ4v) is 0.938. The Morgan fingerprint density at radius 2 is 2.20 bits per heavy atom. The van der Waals surface area contributed by atoms with E-state index in [4.69, 9.17) is 5.11 Å². The molecule has 0 aliphatic carbocycles. The molecule has 0 saturated carbocycles. The predicted molar refractivity (Wildman–Crippen MR) is 45.8 cm³/mol. The topological polar surface area (TPSA) is 98.9 Å². The van der Waals surface area contributed by atoms with Gasteiger partial charge in [-0.1, -0.05) is 0 Å². The van der Waals surface area contributed by atoms with Gasteiger partial charge in [-0.3, -0.25) is 0 Å². The van der Waals surface area contributed by atoms with E-state index in [1.165, 1.54) is 6.92 Å². The number of carboxylic acid groups (broad SMARTS) is 1. The van der Waals surface area contributed by atoms with Crippen molar-refractivity contribution >= 4 is 12.1 Å². The Balaban J connectivity index is 2.98. The van der Waals surface area contributed by atoms with Gasteiger partial charge in [0, 0.05) is 0 Å². The van der Waals surface area contributed by atoms with Crippen molar-refractivity contribution in [2.24, 2.45) is 0 Å². The Hall–Kier alpha value is -2.05. The molecule has 0 radical (unpaired) electrons. The van der Waals surface area contributed by atoms with Crippen molar-refractivity contribution in [1.29, 1.82) is 0 Å². The minimum Gasteiger partial charge on any atom is -0.462 e. The van der Waals surface area contributed by atoms with E-state index in [0.29, 0.717) is 0 Å². The molecule has 82 valence electrons. The average molecular weight is 215 g/mol. The third-order valence-corrected chi connectivity index (χ3v) is 1.49. The first-order valence-corrected chi connectivity index (χ1v) is 4.10. The van der Waals surface area contributed by atoms with Gasteiger partial charge in [0.15, 0.2) is 11.3 Å². The maximum atomic E-state index is 11.3. The van der Waals surface area contributed by atoms with Crippen LogP contribution in [0.1, 0.15) is 23.0 Å². The van der Waals surface area contributed by atoms with Crippen LogP contribution in [0.5, 0.6) is 5.88 Å². The van der Waals surface area contributed by atoms with Crippen LogP contribution < -0.4 is 4.74 Å². The fraction of sp³-hybridized carbons (Fsp3) is 0.375. The molecule has 0 saturated heterocycles. The first-order valence-electron chi connectivity index (χ1n) is 4.10. The van der Waals surface area contributed by atoms with Gasteiger partial charge in [-0.15, -0.1) is 0 Å². The zero-order chi connectivity index (χ0) is 11.4. The maximum Gasteiger partial charge on any atom is 0.512 e. The van der Waals surface area contributed by atoms with E-state index in [2.05, 4.69) is 19.2 Å². The van der Waals surface area contributed by atoms with E-state index in [0.717, 1.165) is 0 Å². The average Bonchev–Trinajstić information content (AvgIpc) is 2.46. The Kier molecular flexibility index (Phi) is 3.27. The number of hydrogen-bond donors (Lipinski definition) is 1. The number of nitrogens with zero attached hydrogens (tertiary/aromatic N) is 1. The summed E-state index contributed by atoms with van der Waals surface area (Å²) in [6, 6.07) is 0. The van der Waals surface area contributed by atoms with Gasteiger partial charge in [0.25, 0.3) is 5.88 Å². The molecule has 0 atom stereocenters. The number of aryl methyl sites for hydroxylation is 1. The smallest absolute Gasteiger partial charge is 0.462 e. The second kappa shape index (κ2) is 4.45. The highest BCUT2D eigenvalue weighted by Crippen LogP contribution is 2.21. The molecule has 7 nitrogen and oxygen atoms in total. The number of aromatic nitrogens is 1. The Bertz CT molecular complexity index is 382. The molecule has 0 fully saturated rings. The second-order valence-corrected chi connectivity index (χ2v) is 2.51. The van der Waals surface area contributed by atoms with Crippen LogP contribution in [-0.4, -0.2) is 29.0 Å². The highest BCUT2D eigenvalue weighted by molar-refractivity contribution is 5.93. The molecule has 1 heterocycles. The monoisotopic (exact) mass is 215 g/mol. The quantitative estimate of drug-likeness (QED) is 0.756. The van der Waals surface area contributed by atoms with Gasteiger partial charge in [0.2, 0.25) is 0 Å². The number of carbonyl (C=O) groups is 2. The Morgan fingerprint density at radius 3 is 2.73 bits per heavy atom. The largest absolute Gasteiger partial charge is 0.512 e. The van der Waals surface area contributed by atoms with Crippen molar-refractivity contribution in [3.05, 3.63) is 11.3 Å². The number of ether oxygens (including phenoxy) is 2. The van der Waals surface area contributed by atoms with Gasteiger partial charge in [-0.2, -0.15) is 0 Å². The van der Waals surface area contributed by atoms with Crippen LogP contribution in [0.4, 0.5) is 4.79 Å². The second-order valence-electron chi connectivity index (χ2n) is 2.51. The zero-order valence-electron chi connectivity index (χ0n) is 8.14. The minimum atomic E-state index is -1.58. The van der Waals surface area contributed by atoms with Gasteiger partial charge in [0.05, 0.1) is 6.61 Å². The molecule has 0 bridgehead atoms. The normalized spacial score (nSPS) is 9.73. The summed E-state index contributed by atoms with van der Waals surface area (Å²) in [5.74, 6) is -0.990. The third-order valence-electron chi connectivity index (χ3n) is 1.49. The highest BCUT2D eigenvalue weighted by atomic mass is 16.7. The van der Waals surface area contributed by atoms with E-state index in [-0.39, 0.29) is 17.9 Å². The summed E-state index contributed by atoms with van der Waals surface area (Å²) < 4.78 is 13.5. The lowest BCUT2D eigenvalue weighted by Gasteiger charge is -2.00. The van der Waals surface area contributed by atoms with Crippen molar-refractivity contribution in [3.8, 4) is 5.88 Å². The summed E-state index contributed by atoms with van der Waals surface area (Å²) in [4.78, 5) is 21.6. The highest BCUT2D eigenvalue weighted by Gasteiger charge is 2.24. The van der Waals surface area contributed by atoms with Crippen molar-refractivity contribution in [2.75, 3.05) is 6.61 Å². The Labute approximate surface area is 84.6 Å². The molecular weight excluding hydrogens is 206 g/mol. The van der Waals surface area contributed by atoms with Crippen molar-refractivity contribution in [2.45, 2.75) is 13.8 Å². The number of carbonyl (C=O) groups excluding carboxylic acids is 1. The number of hydrogen-bond acceptors (Lipinski definition) is 6. The molecule has 7 heteroatoms. The zero-order valence-corrected chi connectivity index (χ0v) is 8.14. The third kappa shape index (κ3) is 2.46. The van der Waals surface area contributed by atoms with E-state index in [1.807, 2.05) is 0 Å². The van der Waals surface area contributed by atoms with Gasteiger partial charge in [0.1, 0.15) is 0 Å². The molecule has 0 aliphatic heterocycles. The lowest BCUT2D eigenvalue weighted by Crippen LogP contribution is -2.10. The molecule has 1 aromatic rings. The van der Waals surface area contributed by atoms with Crippen LogP contribution in [0.3, 0.4) is 0 Å². The lowest BCUT2D eigenvalue weighted by atomic mass is 10.3. The summed E-state index contributed by atoms with van der Waals surface area (Å²) in [6.45, 7) is 3.24. The van der Waals surface area contributed by atoms with Crippen LogP contribution in [0, 0.1) is 6.92 Å². The van der Waals surface area contributed by atoms with Gasteiger partial charge >= 0.3 is 12.1 Å². The van der Waals surface area contributed by atoms with Crippen molar-refractivity contribution < 1.29 is 28.7 Å². The van der Waals surface area contributed by atoms with Crippen LogP contribution in [0.15, 0.2) is 4.52 Å². The first-order chi connectivity index (χ1) is 7.06. The van der Waals surface area contributed by atoms with E-state index in [9.17, 15) is 9.59 Å². The molecule has 1 N–H and O–H groups in total. The summed E-state index contributed by atoms with van der Waals surface area (Å²) in [7, 11) is 0. The summed E-state index contributed by atoms with van der Waals surface area (Å²) in [5.41, 5.74) is -0.112. The lowest BCUT2D eigenvalue weighted by molar-refractivity contribution is 0.0521. The van der Waals surface area contributed by atoms with Gasteiger partial charge in [-0.05, 0) is 19.0 Å². The minimum absolute atomic E-state index is 0.112. The van der Waals surface area contributed by atoms with Crippen LogP contribution in [0.25, 0.3) is 0 Å². The first kappa shape index (κ1) is 11.0. The molecule has 1 rings (SSSR count). The van der Waals surface area contributed by atoms with Crippen molar-refractivity contribution in [3.63, 3.8) is 0 Å². The van der Waals surface area contributed by atoms with Crippen LogP contribution >= 0.6 is 0 Å². The summed E-state index contributed by atoms with van der Waals surface area (Å²) in [6.07, 6.45) is -1.58. The summed E-state index contributed by atoms with van der Waals surface area (Å²) >= 11 is 0. The van der Waals surface area contributed by atoms with Gasteiger partial charge in [-0.25, -0.2) is 9.59 Å². The van der Waals surface area contributed by atoms with E-state index < -0.39 is 18.0 Å². The van der Waals surface area contributed by atoms with Crippen molar-refractivity contribution in [1.82, 2.24) is 5.16 Å².